The maximum atomic E-state index is 10.6. The largest absolute Gasteiger partial charge is 0.480 e. The van der Waals surface area contributed by atoms with Crippen LogP contribution in [0, 0.1) is 0 Å². The standard InChI is InChI=1S/C11H17N7O2/c1-6(12)17-18-11(14)16-9-3-2-7(5-15-9)4-8(13)10(19)20/h2-3,5,8H,4,13H2,1H3,(H2,12,17)(H,19,20)(H3,14,15,16,18)/t8-/m0/s1. The predicted octanol–water partition coefficient (Wildman–Crippen LogP) is -1.14. The Morgan fingerprint density at radius 1 is 1.50 bits per heavy atom. The molecule has 0 spiro atoms. The number of guanidine groups is 1. The van der Waals surface area contributed by atoms with Gasteiger partial charge in [-0.15, -0.1) is 0 Å². The normalized spacial score (nSPS) is 13.9. The van der Waals surface area contributed by atoms with E-state index in [2.05, 4.69) is 20.5 Å². The lowest BCUT2D eigenvalue weighted by Crippen LogP contribution is -2.32. The number of hydrazone groups is 1. The molecule has 1 aromatic heterocycles. The van der Waals surface area contributed by atoms with Gasteiger partial charge in [0.2, 0.25) is 5.96 Å². The topological polar surface area (TPSA) is 165 Å². The van der Waals surface area contributed by atoms with Crippen LogP contribution in [0.3, 0.4) is 0 Å². The fraction of sp³-hybridized carbons (Fsp3) is 0.273. The summed E-state index contributed by atoms with van der Waals surface area (Å²) >= 11 is 0. The van der Waals surface area contributed by atoms with Gasteiger partial charge in [0.25, 0.3) is 0 Å². The molecule has 0 bridgehead atoms. The zero-order chi connectivity index (χ0) is 15.1. The minimum Gasteiger partial charge on any atom is -0.480 e. The van der Waals surface area contributed by atoms with E-state index in [1.807, 2.05) is 0 Å². The first-order valence-electron chi connectivity index (χ1n) is 5.71. The molecule has 0 saturated heterocycles. The van der Waals surface area contributed by atoms with Crippen LogP contribution in [0.15, 0.2) is 28.4 Å². The molecule has 0 amide bonds. The predicted molar refractivity (Wildman–Crippen MR) is 75.3 cm³/mol. The van der Waals surface area contributed by atoms with Crippen molar-refractivity contribution in [3.05, 3.63) is 23.9 Å². The van der Waals surface area contributed by atoms with Crippen molar-refractivity contribution in [3.63, 3.8) is 0 Å². The number of nitrogens with one attached hydrogen (secondary N) is 1. The van der Waals surface area contributed by atoms with Crippen LogP contribution in [0.4, 0.5) is 5.82 Å². The van der Waals surface area contributed by atoms with E-state index in [0.717, 1.165) is 0 Å². The van der Waals surface area contributed by atoms with E-state index < -0.39 is 12.0 Å². The van der Waals surface area contributed by atoms with Gasteiger partial charge in [0.05, 0.1) is 0 Å². The van der Waals surface area contributed by atoms with E-state index in [1.54, 1.807) is 19.1 Å². The average molecular weight is 279 g/mol. The van der Waals surface area contributed by atoms with Crippen LogP contribution in [-0.2, 0) is 11.2 Å². The Hall–Kier alpha value is -2.68. The van der Waals surface area contributed by atoms with Crippen molar-refractivity contribution in [1.29, 1.82) is 0 Å². The monoisotopic (exact) mass is 279 g/mol. The second-order valence-corrected chi connectivity index (χ2v) is 4.04. The second-order valence-electron chi connectivity index (χ2n) is 4.04. The van der Waals surface area contributed by atoms with Gasteiger partial charge in [-0.1, -0.05) is 6.07 Å². The third-order valence-corrected chi connectivity index (χ3v) is 2.16. The third kappa shape index (κ3) is 5.31. The quantitative estimate of drug-likeness (QED) is 0.258. The molecule has 0 fully saturated rings. The highest BCUT2D eigenvalue weighted by Gasteiger charge is 2.12. The van der Waals surface area contributed by atoms with Crippen LogP contribution in [0.1, 0.15) is 12.5 Å². The first-order valence-corrected chi connectivity index (χ1v) is 5.71. The maximum Gasteiger partial charge on any atom is 0.320 e. The summed E-state index contributed by atoms with van der Waals surface area (Å²) in [6.45, 7) is 1.60. The summed E-state index contributed by atoms with van der Waals surface area (Å²) in [4.78, 5) is 18.6. The highest BCUT2D eigenvalue weighted by atomic mass is 16.4. The van der Waals surface area contributed by atoms with Crippen molar-refractivity contribution in [3.8, 4) is 0 Å². The van der Waals surface area contributed by atoms with Crippen LogP contribution < -0.4 is 22.6 Å². The van der Waals surface area contributed by atoms with E-state index in [0.29, 0.717) is 17.2 Å². The summed E-state index contributed by atoms with van der Waals surface area (Å²) in [6, 6.07) is 2.32. The second kappa shape index (κ2) is 7.04. The molecule has 20 heavy (non-hydrogen) atoms. The van der Waals surface area contributed by atoms with Gasteiger partial charge in [-0.25, -0.2) is 10.4 Å². The molecule has 1 rings (SSSR count). The fourth-order valence-corrected chi connectivity index (χ4v) is 1.24. The molecule has 1 heterocycles. The minimum atomic E-state index is -1.06. The van der Waals surface area contributed by atoms with Crippen molar-refractivity contribution in [2.75, 3.05) is 0 Å². The van der Waals surface area contributed by atoms with Crippen LogP contribution >= 0.6 is 0 Å². The molecule has 1 aromatic rings. The number of aromatic nitrogens is 1. The highest BCUT2D eigenvalue weighted by molar-refractivity contribution is 5.83. The zero-order valence-electron chi connectivity index (χ0n) is 10.9. The van der Waals surface area contributed by atoms with Gasteiger partial charge in [0, 0.05) is 6.20 Å². The lowest BCUT2D eigenvalue weighted by Gasteiger charge is -2.06. The number of hydrogen-bond donors (Lipinski definition) is 5. The molecule has 8 N–H and O–H groups in total. The Bertz CT molecular complexity index is 520. The first-order chi connectivity index (χ1) is 9.38. The molecule has 0 unspecified atom stereocenters. The molecule has 0 aromatic carbocycles. The van der Waals surface area contributed by atoms with Crippen molar-refractivity contribution in [1.82, 2.24) is 10.4 Å². The molecule has 1 atom stereocenters. The van der Waals surface area contributed by atoms with Crippen LogP contribution in [0.25, 0.3) is 0 Å². The molecular weight excluding hydrogens is 262 g/mol. The van der Waals surface area contributed by atoms with Gasteiger partial charge in [-0.05, 0) is 25.0 Å². The number of rotatable bonds is 5. The molecule has 0 radical (unpaired) electrons. The number of nitrogens with two attached hydrogens (primary N) is 3. The zero-order valence-corrected chi connectivity index (χ0v) is 10.9. The molecule has 9 heteroatoms. The molecule has 0 aliphatic carbocycles. The number of aliphatic carboxylic acids is 1. The van der Waals surface area contributed by atoms with E-state index in [1.165, 1.54) is 6.20 Å². The number of amidine groups is 1. The number of aliphatic imine (C=N–C) groups is 1. The van der Waals surface area contributed by atoms with E-state index in [4.69, 9.17) is 22.3 Å². The van der Waals surface area contributed by atoms with Gasteiger partial charge in [-0.3, -0.25) is 4.79 Å². The highest BCUT2D eigenvalue weighted by Crippen LogP contribution is 2.09. The summed E-state index contributed by atoms with van der Waals surface area (Å²) < 4.78 is 0. The number of nitrogens with zero attached hydrogens (tertiary/aromatic N) is 3. The van der Waals surface area contributed by atoms with E-state index >= 15 is 0 Å². The Morgan fingerprint density at radius 2 is 2.20 bits per heavy atom. The smallest absolute Gasteiger partial charge is 0.320 e. The fourth-order valence-electron chi connectivity index (χ4n) is 1.24. The molecule has 0 aliphatic rings. The number of carbonyl (C=O) groups is 1. The molecule has 9 nitrogen and oxygen atoms in total. The summed E-state index contributed by atoms with van der Waals surface area (Å²) in [5.41, 5.74) is 19.4. The molecule has 0 saturated carbocycles. The number of carboxylic acid groups (broad SMARTS) is 1. The lowest BCUT2D eigenvalue weighted by molar-refractivity contribution is -0.138. The van der Waals surface area contributed by atoms with Crippen molar-refractivity contribution in [2.24, 2.45) is 27.3 Å². The van der Waals surface area contributed by atoms with Crippen LogP contribution in [0.5, 0.6) is 0 Å². The SMILES string of the molecule is C/C(N)=N/NC(N)=Nc1ccc(C[C@H](N)C(=O)O)cn1. The van der Waals surface area contributed by atoms with Crippen molar-refractivity contribution in [2.45, 2.75) is 19.4 Å². The Morgan fingerprint density at radius 3 is 2.70 bits per heavy atom. The summed E-state index contributed by atoms with van der Waals surface area (Å²) in [5, 5.41) is 12.4. The van der Waals surface area contributed by atoms with Gasteiger partial charge in [0.15, 0.2) is 5.82 Å². The van der Waals surface area contributed by atoms with E-state index in [9.17, 15) is 4.79 Å². The summed E-state index contributed by atoms with van der Waals surface area (Å²) in [5.74, 6) is -0.352. The first kappa shape index (κ1) is 15.4. The summed E-state index contributed by atoms with van der Waals surface area (Å²) in [7, 11) is 0. The lowest BCUT2D eigenvalue weighted by atomic mass is 10.1. The van der Waals surface area contributed by atoms with Crippen LogP contribution in [-0.4, -0.2) is 33.9 Å². The molecule has 0 aliphatic heterocycles. The minimum absolute atomic E-state index is 0.0392. The van der Waals surface area contributed by atoms with Crippen molar-refractivity contribution < 1.29 is 9.90 Å². The molecule has 108 valence electrons. The number of pyridine rings is 1. The van der Waals surface area contributed by atoms with Gasteiger partial charge in [0.1, 0.15) is 11.9 Å². The third-order valence-electron chi connectivity index (χ3n) is 2.16. The van der Waals surface area contributed by atoms with E-state index in [-0.39, 0.29) is 12.4 Å². The van der Waals surface area contributed by atoms with Crippen molar-refractivity contribution >= 4 is 23.6 Å². The maximum absolute atomic E-state index is 10.6. The Kier molecular flexibility index (Phi) is 5.42. The summed E-state index contributed by atoms with van der Waals surface area (Å²) in [6.07, 6.45) is 1.68. The average Bonchev–Trinajstić information content (AvgIpc) is 2.38. The Balaban J connectivity index is 2.69. The molecular formula is C11H17N7O2. The number of hydrogen-bond acceptors (Lipinski definition) is 5. The number of carboxylic acids is 1. The van der Waals surface area contributed by atoms with Crippen LogP contribution in [0.2, 0.25) is 0 Å². The van der Waals surface area contributed by atoms with Gasteiger partial charge in [-0.2, -0.15) is 10.1 Å². The van der Waals surface area contributed by atoms with Gasteiger partial charge < -0.3 is 22.3 Å². The van der Waals surface area contributed by atoms with Gasteiger partial charge >= 0.3 is 5.97 Å². The Labute approximate surface area is 115 Å².